The molecule has 0 amide bonds. The SMILES string of the molecule is CC(c1cccnc1)n1c(=O)[nH]c2ccc(-n3cnc4ccccc43)nc21. The van der Waals surface area contributed by atoms with Crippen molar-refractivity contribution in [3.8, 4) is 5.82 Å². The highest BCUT2D eigenvalue weighted by Gasteiger charge is 2.17. The van der Waals surface area contributed by atoms with Gasteiger partial charge in [-0.25, -0.2) is 14.8 Å². The minimum Gasteiger partial charge on any atom is -0.304 e. The third-order valence-corrected chi connectivity index (χ3v) is 4.80. The van der Waals surface area contributed by atoms with Crippen LogP contribution >= 0.6 is 0 Å². The largest absolute Gasteiger partial charge is 0.328 e. The molecule has 0 aliphatic carbocycles. The maximum atomic E-state index is 12.6. The van der Waals surface area contributed by atoms with Crippen LogP contribution in [0.4, 0.5) is 0 Å². The van der Waals surface area contributed by atoms with Crippen molar-refractivity contribution in [1.29, 1.82) is 0 Å². The topological polar surface area (TPSA) is 81.4 Å². The molecule has 1 unspecified atom stereocenters. The highest BCUT2D eigenvalue weighted by atomic mass is 16.1. The predicted octanol–water partition coefficient (Wildman–Crippen LogP) is 3.07. The number of H-pyrrole nitrogens is 1. The summed E-state index contributed by atoms with van der Waals surface area (Å²) in [4.78, 5) is 28.8. The zero-order valence-electron chi connectivity index (χ0n) is 14.6. The summed E-state index contributed by atoms with van der Waals surface area (Å²) in [6.45, 7) is 1.96. The fourth-order valence-electron chi connectivity index (χ4n) is 3.40. The van der Waals surface area contributed by atoms with E-state index in [9.17, 15) is 4.79 Å². The van der Waals surface area contributed by atoms with Crippen molar-refractivity contribution in [2.45, 2.75) is 13.0 Å². The van der Waals surface area contributed by atoms with E-state index in [1.165, 1.54) is 0 Å². The van der Waals surface area contributed by atoms with E-state index in [1.807, 2.05) is 60.0 Å². The second kappa shape index (κ2) is 5.91. The van der Waals surface area contributed by atoms with Crippen LogP contribution in [0.3, 0.4) is 0 Å². The molecule has 0 spiro atoms. The summed E-state index contributed by atoms with van der Waals surface area (Å²) in [5, 5.41) is 0. The Morgan fingerprint density at radius 1 is 1.07 bits per heavy atom. The second-order valence-corrected chi connectivity index (χ2v) is 6.41. The molecular weight excluding hydrogens is 340 g/mol. The number of imidazole rings is 2. The number of nitrogens with one attached hydrogen (secondary N) is 1. The summed E-state index contributed by atoms with van der Waals surface area (Å²) in [7, 11) is 0. The molecule has 132 valence electrons. The molecule has 5 aromatic rings. The molecule has 5 rings (SSSR count). The van der Waals surface area contributed by atoms with Crippen molar-refractivity contribution in [2.24, 2.45) is 0 Å². The Labute approximate surface area is 154 Å². The Kier molecular flexibility index (Phi) is 3.39. The number of nitrogens with zero attached hydrogens (tertiary/aromatic N) is 5. The van der Waals surface area contributed by atoms with Crippen LogP contribution in [0.15, 0.2) is 72.0 Å². The van der Waals surface area contributed by atoms with E-state index in [4.69, 9.17) is 4.98 Å². The molecule has 4 heterocycles. The minimum atomic E-state index is -0.193. The molecule has 1 aromatic carbocycles. The van der Waals surface area contributed by atoms with Gasteiger partial charge >= 0.3 is 5.69 Å². The van der Waals surface area contributed by atoms with Gasteiger partial charge in [-0.15, -0.1) is 0 Å². The lowest BCUT2D eigenvalue weighted by molar-refractivity contribution is 0.628. The van der Waals surface area contributed by atoms with Gasteiger partial charge in [-0.2, -0.15) is 0 Å². The summed E-state index contributed by atoms with van der Waals surface area (Å²) >= 11 is 0. The quantitative estimate of drug-likeness (QED) is 0.539. The van der Waals surface area contributed by atoms with E-state index in [1.54, 1.807) is 23.3 Å². The first kappa shape index (κ1) is 15.5. The van der Waals surface area contributed by atoms with Gasteiger partial charge in [0.25, 0.3) is 0 Å². The fourth-order valence-corrected chi connectivity index (χ4v) is 3.40. The molecule has 27 heavy (non-hydrogen) atoms. The summed E-state index contributed by atoms with van der Waals surface area (Å²) in [5.41, 5.74) is 3.92. The van der Waals surface area contributed by atoms with Crippen LogP contribution < -0.4 is 5.69 Å². The molecule has 0 saturated carbocycles. The smallest absolute Gasteiger partial charge is 0.304 e. The highest BCUT2D eigenvalue weighted by molar-refractivity contribution is 5.78. The van der Waals surface area contributed by atoms with Crippen LogP contribution in [0.2, 0.25) is 0 Å². The van der Waals surface area contributed by atoms with Crippen LogP contribution in [0.25, 0.3) is 28.0 Å². The van der Waals surface area contributed by atoms with Gasteiger partial charge in [-0.3, -0.25) is 14.1 Å². The van der Waals surface area contributed by atoms with Crippen molar-refractivity contribution in [2.75, 3.05) is 0 Å². The zero-order valence-corrected chi connectivity index (χ0v) is 14.6. The number of hydrogen-bond donors (Lipinski definition) is 1. The van der Waals surface area contributed by atoms with Crippen molar-refractivity contribution in [3.63, 3.8) is 0 Å². The third kappa shape index (κ3) is 2.43. The molecule has 0 fully saturated rings. The van der Waals surface area contributed by atoms with Crippen molar-refractivity contribution < 1.29 is 0 Å². The van der Waals surface area contributed by atoms with Crippen molar-refractivity contribution in [3.05, 3.63) is 83.3 Å². The number of benzene rings is 1. The lowest BCUT2D eigenvalue weighted by atomic mass is 10.1. The Morgan fingerprint density at radius 3 is 2.81 bits per heavy atom. The van der Waals surface area contributed by atoms with Crippen LogP contribution in [0, 0.1) is 0 Å². The first-order valence-corrected chi connectivity index (χ1v) is 8.66. The van der Waals surface area contributed by atoms with E-state index >= 15 is 0 Å². The number of aromatic nitrogens is 6. The maximum Gasteiger partial charge on any atom is 0.328 e. The fraction of sp³-hybridized carbons (Fsp3) is 0.100. The number of hydrogen-bond acceptors (Lipinski definition) is 4. The highest BCUT2D eigenvalue weighted by Crippen LogP contribution is 2.22. The molecule has 4 aromatic heterocycles. The predicted molar refractivity (Wildman–Crippen MR) is 103 cm³/mol. The van der Waals surface area contributed by atoms with E-state index < -0.39 is 0 Å². The van der Waals surface area contributed by atoms with Gasteiger partial charge in [-0.1, -0.05) is 18.2 Å². The molecule has 0 saturated heterocycles. The standard InChI is InChI=1S/C20H16N6O/c1-13(14-5-4-10-21-11-14)26-19-16(23-20(26)27)8-9-18(24-19)25-12-22-15-6-2-3-7-17(15)25/h2-13H,1H3,(H,23,27). The lowest BCUT2D eigenvalue weighted by Crippen LogP contribution is -2.21. The van der Waals surface area contributed by atoms with Gasteiger partial charge in [-0.05, 0) is 42.8 Å². The van der Waals surface area contributed by atoms with Crippen molar-refractivity contribution in [1.82, 2.24) is 29.1 Å². The van der Waals surface area contributed by atoms with Gasteiger partial charge in [0.1, 0.15) is 12.1 Å². The van der Waals surface area contributed by atoms with Crippen LogP contribution in [-0.4, -0.2) is 29.1 Å². The Balaban J connectivity index is 1.71. The Bertz CT molecular complexity index is 1310. The summed E-state index contributed by atoms with van der Waals surface area (Å²) < 4.78 is 3.58. The minimum absolute atomic E-state index is 0.192. The van der Waals surface area contributed by atoms with Gasteiger partial charge in [0.05, 0.1) is 22.6 Å². The number of aromatic amines is 1. The monoisotopic (exact) mass is 356 g/mol. The van der Waals surface area contributed by atoms with Gasteiger partial charge in [0.2, 0.25) is 0 Å². The first-order valence-electron chi connectivity index (χ1n) is 8.66. The summed E-state index contributed by atoms with van der Waals surface area (Å²) in [6.07, 6.45) is 5.23. The molecule has 1 atom stereocenters. The molecule has 0 bridgehead atoms. The molecule has 0 radical (unpaired) electrons. The summed E-state index contributed by atoms with van der Waals surface area (Å²) in [5.74, 6) is 0.710. The van der Waals surface area contributed by atoms with Crippen LogP contribution in [-0.2, 0) is 0 Å². The molecule has 0 aliphatic rings. The van der Waals surface area contributed by atoms with Crippen LogP contribution in [0.5, 0.6) is 0 Å². The molecular formula is C20H16N6O. The average molecular weight is 356 g/mol. The molecule has 7 heteroatoms. The third-order valence-electron chi connectivity index (χ3n) is 4.80. The van der Waals surface area contributed by atoms with E-state index in [2.05, 4.69) is 15.0 Å². The molecule has 1 N–H and O–H groups in total. The number of pyridine rings is 2. The zero-order chi connectivity index (χ0) is 18.4. The Morgan fingerprint density at radius 2 is 1.96 bits per heavy atom. The first-order chi connectivity index (χ1) is 13.2. The molecule has 0 aliphatic heterocycles. The van der Waals surface area contributed by atoms with Gasteiger partial charge < -0.3 is 4.98 Å². The van der Waals surface area contributed by atoms with Gasteiger partial charge in [0, 0.05) is 12.4 Å². The van der Waals surface area contributed by atoms with Crippen LogP contribution in [0.1, 0.15) is 18.5 Å². The number of rotatable bonds is 3. The average Bonchev–Trinajstić information content (AvgIpc) is 3.28. The van der Waals surface area contributed by atoms with E-state index in [-0.39, 0.29) is 11.7 Å². The van der Waals surface area contributed by atoms with Crippen molar-refractivity contribution >= 4 is 22.2 Å². The lowest BCUT2D eigenvalue weighted by Gasteiger charge is -2.13. The van der Waals surface area contributed by atoms with Gasteiger partial charge in [0.15, 0.2) is 5.65 Å². The summed E-state index contributed by atoms with van der Waals surface area (Å²) in [6, 6.07) is 15.3. The second-order valence-electron chi connectivity index (χ2n) is 6.41. The maximum absolute atomic E-state index is 12.6. The van der Waals surface area contributed by atoms with E-state index in [0.29, 0.717) is 17.0 Å². The number of fused-ring (bicyclic) bond motifs is 2. The Hall–Kier alpha value is -3.74. The normalized spacial score (nSPS) is 12.6. The number of para-hydroxylation sites is 2. The molecule has 7 nitrogen and oxygen atoms in total. The van der Waals surface area contributed by atoms with E-state index in [0.717, 1.165) is 16.6 Å².